The molecule has 0 atom stereocenters. The van der Waals surface area contributed by atoms with Crippen molar-refractivity contribution in [2.45, 2.75) is 40.2 Å². The van der Waals surface area contributed by atoms with Gasteiger partial charge >= 0.3 is 5.97 Å². The molecular formula is C16H20ClN3O2. The predicted molar refractivity (Wildman–Crippen MR) is 85.2 cm³/mol. The molecule has 2 aromatic rings. The molecule has 0 aliphatic heterocycles. The first-order valence-corrected chi connectivity index (χ1v) is 7.73. The van der Waals surface area contributed by atoms with E-state index in [2.05, 4.69) is 10.1 Å². The molecule has 0 aromatic carbocycles. The van der Waals surface area contributed by atoms with Gasteiger partial charge in [-0.1, -0.05) is 17.7 Å². The molecule has 0 unspecified atom stereocenters. The lowest BCUT2D eigenvalue weighted by molar-refractivity contribution is 0.0499. The lowest BCUT2D eigenvalue weighted by Crippen LogP contribution is -2.09. The summed E-state index contributed by atoms with van der Waals surface area (Å²) in [4.78, 5) is 16.5. The van der Waals surface area contributed by atoms with Gasteiger partial charge in [0.25, 0.3) is 0 Å². The van der Waals surface area contributed by atoms with E-state index in [1.807, 2.05) is 32.0 Å². The van der Waals surface area contributed by atoms with Crippen LogP contribution in [0.1, 0.15) is 40.8 Å². The Balaban J connectivity index is 1.87. The van der Waals surface area contributed by atoms with E-state index < -0.39 is 5.97 Å². The molecule has 0 fully saturated rings. The fourth-order valence-electron chi connectivity index (χ4n) is 2.22. The highest BCUT2D eigenvalue weighted by Crippen LogP contribution is 2.20. The number of hydrogen-bond acceptors (Lipinski definition) is 4. The van der Waals surface area contributed by atoms with Crippen molar-refractivity contribution in [2.75, 3.05) is 6.61 Å². The second-order valence-electron chi connectivity index (χ2n) is 5.08. The fraction of sp³-hybridized carbons (Fsp3) is 0.438. The highest BCUT2D eigenvalue weighted by atomic mass is 35.5. The zero-order valence-electron chi connectivity index (χ0n) is 13.1. The number of ether oxygens (including phenoxy) is 1. The summed E-state index contributed by atoms with van der Waals surface area (Å²) >= 11 is 6.14. The van der Waals surface area contributed by atoms with Crippen LogP contribution in [0.4, 0.5) is 0 Å². The van der Waals surface area contributed by atoms with Crippen LogP contribution in [0.5, 0.6) is 0 Å². The van der Waals surface area contributed by atoms with Crippen LogP contribution in [-0.4, -0.2) is 27.3 Å². The summed E-state index contributed by atoms with van der Waals surface area (Å²) in [5.41, 5.74) is 2.95. The van der Waals surface area contributed by atoms with Gasteiger partial charge in [0.05, 0.1) is 12.3 Å². The number of aryl methyl sites for hydroxylation is 4. The van der Waals surface area contributed by atoms with Crippen molar-refractivity contribution in [3.8, 4) is 0 Å². The van der Waals surface area contributed by atoms with Gasteiger partial charge in [-0.2, -0.15) is 5.10 Å². The molecule has 6 heteroatoms. The second kappa shape index (κ2) is 7.40. The minimum absolute atomic E-state index is 0.335. The van der Waals surface area contributed by atoms with E-state index in [9.17, 15) is 4.79 Å². The Morgan fingerprint density at radius 2 is 2.14 bits per heavy atom. The largest absolute Gasteiger partial charge is 0.462 e. The third-order valence-electron chi connectivity index (χ3n) is 3.33. The number of esters is 1. The van der Waals surface area contributed by atoms with E-state index in [-0.39, 0.29) is 0 Å². The van der Waals surface area contributed by atoms with E-state index in [1.165, 1.54) is 0 Å². The zero-order valence-corrected chi connectivity index (χ0v) is 13.9. The van der Waals surface area contributed by atoms with Crippen molar-refractivity contribution in [2.24, 2.45) is 0 Å². The van der Waals surface area contributed by atoms with Crippen LogP contribution in [0, 0.1) is 13.8 Å². The molecule has 0 radical (unpaired) electrons. The molecule has 0 spiro atoms. The quantitative estimate of drug-likeness (QED) is 0.604. The van der Waals surface area contributed by atoms with E-state index in [4.69, 9.17) is 16.3 Å². The van der Waals surface area contributed by atoms with Crippen LogP contribution < -0.4 is 0 Å². The molecule has 0 aliphatic rings. The Morgan fingerprint density at radius 1 is 1.36 bits per heavy atom. The molecule has 0 amide bonds. The summed E-state index contributed by atoms with van der Waals surface area (Å²) in [6.45, 7) is 6.58. The first-order valence-electron chi connectivity index (χ1n) is 7.35. The normalized spacial score (nSPS) is 10.7. The smallest absolute Gasteiger partial charge is 0.343 e. The number of hydrogen-bond donors (Lipinski definition) is 0. The second-order valence-corrected chi connectivity index (χ2v) is 5.43. The maximum Gasteiger partial charge on any atom is 0.343 e. The van der Waals surface area contributed by atoms with Gasteiger partial charge in [0.1, 0.15) is 10.7 Å². The molecule has 2 aromatic heterocycles. The van der Waals surface area contributed by atoms with E-state index >= 15 is 0 Å². The molecular weight excluding hydrogens is 302 g/mol. The number of rotatable bonds is 6. The first kappa shape index (κ1) is 16.5. The van der Waals surface area contributed by atoms with Crippen LogP contribution in [0.25, 0.3) is 0 Å². The van der Waals surface area contributed by atoms with Crippen molar-refractivity contribution < 1.29 is 9.53 Å². The highest BCUT2D eigenvalue weighted by molar-refractivity contribution is 6.32. The maximum atomic E-state index is 12.1. The van der Waals surface area contributed by atoms with Gasteiger partial charge in [-0.3, -0.25) is 9.67 Å². The third kappa shape index (κ3) is 3.85. The predicted octanol–water partition coefficient (Wildman–Crippen LogP) is 3.36. The van der Waals surface area contributed by atoms with Gasteiger partial charge in [-0.25, -0.2) is 4.79 Å². The third-order valence-corrected chi connectivity index (χ3v) is 3.71. The number of nitrogens with zero attached hydrogens (tertiary/aromatic N) is 3. The molecule has 0 aliphatic carbocycles. The average Bonchev–Trinajstić information content (AvgIpc) is 2.78. The summed E-state index contributed by atoms with van der Waals surface area (Å²) in [5.74, 6) is -0.417. The topological polar surface area (TPSA) is 57.0 Å². The van der Waals surface area contributed by atoms with Gasteiger partial charge in [0, 0.05) is 17.9 Å². The highest BCUT2D eigenvalue weighted by Gasteiger charge is 2.20. The average molecular weight is 322 g/mol. The van der Waals surface area contributed by atoms with Crippen LogP contribution in [0.2, 0.25) is 5.15 Å². The number of pyridine rings is 1. The molecule has 0 N–H and O–H groups in total. The molecule has 2 rings (SSSR count). The monoisotopic (exact) mass is 321 g/mol. The number of halogens is 1. The van der Waals surface area contributed by atoms with Crippen molar-refractivity contribution in [1.82, 2.24) is 14.8 Å². The Kier molecular flexibility index (Phi) is 5.55. The van der Waals surface area contributed by atoms with Gasteiger partial charge in [-0.15, -0.1) is 0 Å². The molecule has 5 nitrogen and oxygen atoms in total. The Morgan fingerprint density at radius 3 is 2.77 bits per heavy atom. The summed E-state index contributed by atoms with van der Waals surface area (Å²) in [6, 6.07) is 5.91. The summed E-state index contributed by atoms with van der Waals surface area (Å²) in [6.07, 6.45) is 1.50. The van der Waals surface area contributed by atoms with E-state index in [1.54, 1.807) is 11.6 Å². The van der Waals surface area contributed by atoms with Crippen molar-refractivity contribution in [3.63, 3.8) is 0 Å². The van der Waals surface area contributed by atoms with Crippen LogP contribution in [0.15, 0.2) is 18.2 Å². The Labute approximate surface area is 135 Å². The SMILES string of the molecule is CCn1nc(C)c(C(=O)OCCCc2cccc(C)n2)c1Cl. The fourth-order valence-corrected chi connectivity index (χ4v) is 2.60. The lowest BCUT2D eigenvalue weighted by atomic mass is 10.2. The molecule has 0 saturated heterocycles. The lowest BCUT2D eigenvalue weighted by Gasteiger charge is -2.05. The van der Waals surface area contributed by atoms with Crippen molar-refractivity contribution >= 4 is 17.6 Å². The molecule has 2 heterocycles. The van der Waals surface area contributed by atoms with Crippen LogP contribution in [0.3, 0.4) is 0 Å². The Bertz CT molecular complexity index is 667. The van der Waals surface area contributed by atoms with Crippen LogP contribution in [-0.2, 0) is 17.7 Å². The van der Waals surface area contributed by atoms with E-state index in [0.29, 0.717) is 29.6 Å². The maximum absolute atomic E-state index is 12.1. The first-order chi connectivity index (χ1) is 10.5. The standard InChI is InChI=1S/C16H20ClN3O2/c1-4-20-15(17)14(12(3)19-20)16(21)22-10-6-9-13-8-5-7-11(2)18-13/h5,7-8H,4,6,9-10H2,1-3H3. The summed E-state index contributed by atoms with van der Waals surface area (Å²) < 4.78 is 6.88. The zero-order chi connectivity index (χ0) is 16.1. The molecule has 0 saturated carbocycles. The van der Waals surface area contributed by atoms with Gasteiger partial charge in [-0.05, 0) is 45.7 Å². The summed E-state index contributed by atoms with van der Waals surface area (Å²) in [7, 11) is 0. The minimum atomic E-state index is -0.417. The minimum Gasteiger partial charge on any atom is -0.462 e. The van der Waals surface area contributed by atoms with Gasteiger partial charge in [0.2, 0.25) is 0 Å². The molecule has 0 bridgehead atoms. The summed E-state index contributed by atoms with van der Waals surface area (Å²) in [5, 5.41) is 4.55. The van der Waals surface area contributed by atoms with Crippen LogP contribution >= 0.6 is 11.6 Å². The molecule has 118 valence electrons. The Hall–Kier alpha value is -1.88. The number of carbonyl (C=O) groups excluding carboxylic acids is 1. The molecule has 22 heavy (non-hydrogen) atoms. The van der Waals surface area contributed by atoms with Gasteiger partial charge in [0.15, 0.2) is 0 Å². The van der Waals surface area contributed by atoms with E-state index in [0.717, 1.165) is 24.2 Å². The number of aromatic nitrogens is 3. The van der Waals surface area contributed by atoms with Crippen molar-refractivity contribution in [3.05, 3.63) is 46.0 Å². The van der Waals surface area contributed by atoms with Gasteiger partial charge < -0.3 is 4.74 Å². The van der Waals surface area contributed by atoms with Crippen molar-refractivity contribution in [1.29, 1.82) is 0 Å². The number of carbonyl (C=O) groups is 1.